The Bertz CT molecular complexity index is 382. The summed E-state index contributed by atoms with van der Waals surface area (Å²) in [7, 11) is 0. The molecule has 100 valence electrons. The molecule has 1 unspecified atom stereocenters. The number of carbonyl (C=O) groups is 1. The van der Waals surface area contributed by atoms with Crippen LogP contribution in [0.2, 0.25) is 0 Å². The maximum atomic E-state index is 11.5. The highest BCUT2D eigenvalue weighted by Crippen LogP contribution is 2.17. The van der Waals surface area contributed by atoms with Crippen molar-refractivity contribution in [3.05, 3.63) is 29.8 Å². The fourth-order valence-electron chi connectivity index (χ4n) is 1.38. The van der Waals surface area contributed by atoms with Crippen LogP contribution in [0.4, 0.5) is 0 Å². The number of carbonyl (C=O) groups excluding carboxylic acids is 1. The Morgan fingerprint density at radius 2 is 2.11 bits per heavy atom. The molecule has 0 saturated heterocycles. The molecular weight excluding hydrogens is 232 g/mol. The average Bonchev–Trinajstić information content (AvgIpc) is 2.42. The zero-order valence-electron chi connectivity index (χ0n) is 10.8. The van der Waals surface area contributed by atoms with Gasteiger partial charge < -0.3 is 9.47 Å². The first-order valence-corrected chi connectivity index (χ1v) is 6.03. The molecule has 1 aromatic rings. The summed E-state index contributed by atoms with van der Waals surface area (Å²) in [6.07, 6.45) is 1.18. The SMILES string of the molecule is CCC(C)OCCOc1ccccc1C(=O)NN. The van der Waals surface area contributed by atoms with Gasteiger partial charge in [0.25, 0.3) is 5.91 Å². The lowest BCUT2D eigenvalue weighted by Gasteiger charge is -2.13. The van der Waals surface area contributed by atoms with Gasteiger partial charge in [-0.2, -0.15) is 0 Å². The monoisotopic (exact) mass is 252 g/mol. The summed E-state index contributed by atoms with van der Waals surface area (Å²) >= 11 is 0. The van der Waals surface area contributed by atoms with Crippen molar-refractivity contribution in [3.63, 3.8) is 0 Å². The van der Waals surface area contributed by atoms with Crippen LogP contribution in [0.5, 0.6) is 5.75 Å². The van der Waals surface area contributed by atoms with Gasteiger partial charge in [0.05, 0.1) is 18.3 Å². The minimum absolute atomic E-state index is 0.219. The summed E-state index contributed by atoms with van der Waals surface area (Å²) in [4.78, 5) is 11.5. The Kier molecular flexibility index (Phi) is 6.18. The minimum Gasteiger partial charge on any atom is -0.490 e. The lowest BCUT2D eigenvalue weighted by Crippen LogP contribution is -2.30. The Balaban J connectivity index is 2.49. The maximum Gasteiger partial charge on any atom is 0.268 e. The zero-order valence-corrected chi connectivity index (χ0v) is 10.8. The molecule has 0 radical (unpaired) electrons. The summed E-state index contributed by atoms with van der Waals surface area (Å²) < 4.78 is 11.0. The van der Waals surface area contributed by atoms with E-state index in [4.69, 9.17) is 15.3 Å². The van der Waals surface area contributed by atoms with E-state index in [1.807, 2.05) is 6.92 Å². The molecule has 1 amide bonds. The molecule has 0 spiro atoms. The Morgan fingerprint density at radius 3 is 2.78 bits per heavy atom. The van der Waals surface area contributed by atoms with Gasteiger partial charge in [0.2, 0.25) is 0 Å². The Labute approximate surface area is 107 Å². The summed E-state index contributed by atoms with van der Waals surface area (Å²) in [6.45, 7) is 4.97. The molecule has 0 aliphatic carbocycles. The minimum atomic E-state index is -0.367. The van der Waals surface area contributed by atoms with Gasteiger partial charge in [-0.3, -0.25) is 10.2 Å². The van der Waals surface area contributed by atoms with Crippen LogP contribution in [0.3, 0.4) is 0 Å². The third kappa shape index (κ3) is 4.35. The van der Waals surface area contributed by atoms with Gasteiger partial charge in [-0.05, 0) is 25.5 Å². The highest BCUT2D eigenvalue weighted by Gasteiger charge is 2.10. The van der Waals surface area contributed by atoms with Gasteiger partial charge in [-0.1, -0.05) is 19.1 Å². The smallest absolute Gasteiger partial charge is 0.268 e. The van der Waals surface area contributed by atoms with Crippen molar-refractivity contribution < 1.29 is 14.3 Å². The number of nitrogens with two attached hydrogens (primary N) is 1. The molecule has 1 atom stereocenters. The summed E-state index contributed by atoms with van der Waals surface area (Å²) in [5, 5.41) is 0. The second-order valence-corrected chi connectivity index (χ2v) is 3.91. The van der Waals surface area contributed by atoms with Crippen LogP contribution < -0.4 is 16.0 Å². The van der Waals surface area contributed by atoms with Crippen LogP contribution in [0, 0.1) is 0 Å². The van der Waals surface area contributed by atoms with E-state index >= 15 is 0 Å². The zero-order chi connectivity index (χ0) is 13.4. The quantitative estimate of drug-likeness (QED) is 0.334. The highest BCUT2D eigenvalue weighted by atomic mass is 16.5. The standard InChI is InChI=1S/C13H20N2O3/c1-3-10(2)17-8-9-18-12-7-5-4-6-11(12)13(16)15-14/h4-7,10H,3,8-9,14H2,1-2H3,(H,15,16). The van der Waals surface area contributed by atoms with E-state index in [-0.39, 0.29) is 12.0 Å². The van der Waals surface area contributed by atoms with E-state index < -0.39 is 0 Å². The van der Waals surface area contributed by atoms with Crippen LogP contribution >= 0.6 is 0 Å². The van der Waals surface area contributed by atoms with E-state index in [2.05, 4.69) is 12.3 Å². The number of hydrogen-bond acceptors (Lipinski definition) is 4. The molecule has 5 heteroatoms. The fourth-order valence-corrected chi connectivity index (χ4v) is 1.38. The number of hydrazine groups is 1. The number of nitrogen functional groups attached to an aromatic ring is 1. The molecule has 0 heterocycles. The summed E-state index contributed by atoms with van der Waals surface area (Å²) in [5.41, 5.74) is 2.51. The van der Waals surface area contributed by atoms with Crippen molar-refractivity contribution in [1.29, 1.82) is 0 Å². The van der Waals surface area contributed by atoms with E-state index in [1.54, 1.807) is 24.3 Å². The first-order chi connectivity index (χ1) is 8.69. The van der Waals surface area contributed by atoms with Gasteiger partial charge in [0.1, 0.15) is 12.4 Å². The molecule has 18 heavy (non-hydrogen) atoms. The van der Waals surface area contributed by atoms with Gasteiger partial charge >= 0.3 is 0 Å². The van der Waals surface area contributed by atoms with Crippen molar-refractivity contribution in [2.75, 3.05) is 13.2 Å². The number of benzene rings is 1. The lowest BCUT2D eigenvalue weighted by atomic mass is 10.2. The van der Waals surface area contributed by atoms with E-state index in [0.717, 1.165) is 6.42 Å². The van der Waals surface area contributed by atoms with E-state index in [1.165, 1.54) is 0 Å². The fraction of sp³-hybridized carbons (Fsp3) is 0.462. The maximum absolute atomic E-state index is 11.5. The normalized spacial score (nSPS) is 11.9. The largest absolute Gasteiger partial charge is 0.490 e. The average molecular weight is 252 g/mol. The summed E-state index contributed by atoms with van der Waals surface area (Å²) in [6, 6.07) is 6.95. The van der Waals surface area contributed by atoms with Crippen LogP contribution in [0.15, 0.2) is 24.3 Å². The number of amides is 1. The summed E-state index contributed by atoms with van der Waals surface area (Å²) in [5.74, 6) is 5.25. The molecular formula is C13H20N2O3. The molecule has 1 aromatic carbocycles. The number of ether oxygens (including phenoxy) is 2. The first-order valence-electron chi connectivity index (χ1n) is 6.03. The van der Waals surface area contributed by atoms with Crippen molar-refractivity contribution in [1.82, 2.24) is 5.43 Å². The number of nitrogens with one attached hydrogen (secondary N) is 1. The molecule has 5 nitrogen and oxygen atoms in total. The molecule has 0 bridgehead atoms. The molecule has 0 aromatic heterocycles. The predicted molar refractivity (Wildman–Crippen MR) is 69.3 cm³/mol. The van der Waals surface area contributed by atoms with Gasteiger partial charge in [0, 0.05) is 0 Å². The molecule has 1 rings (SSSR count). The second-order valence-electron chi connectivity index (χ2n) is 3.91. The predicted octanol–water partition coefficient (Wildman–Crippen LogP) is 1.48. The molecule has 0 aliphatic heterocycles. The van der Waals surface area contributed by atoms with Crippen LogP contribution in [-0.2, 0) is 4.74 Å². The van der Waals surface area contributed by atoms with Crippen LogP contribution in [0.25, 0.3) is 0 Å². The van der Waals surface area contributed by atoms with Crippen molar-refractivity contribution in [2.45, 2.75) is 26.4 Å². The topological polar surface area (TPSA) is 73.6 Å². The Hall–Kier alpha value is -1.59. The third-order valence-electron chi connectivity index (χ3n) is 2.58. The van der Waals surface area contributed by atoms with Crippen LogP contribution in [0.1, 0.15) is 30.6 Å². The molecule has 0 fully saturated rings. The number of hydrogen-bond donors (Lipinski definition) is 2. The van der Waals surface area contributed by atoms with Crippen LogP contribution in [-0.4, -0.2) is 25.2 Å². The number of para-hydroxylation sites is 1. The third-order valence-corrected chi connectivity index (χ3v) is 2.58. The first kappa shape index (κ1) is 14.5. The Morgan fingerprint density at radius 1 is 1.39 bits per heavy atom. The molecule has 3 N–H and O–H groups in total. The van der Waals surface area contributed by atoms with Crippen molar-refractivity contribution in [2.24, 2.45) is 5.84 Å². The second kappa shape index (κ2) is 7.68. The molecule has 0 aliphatic rings. The van der Waals surface area contributed by atoms with Gasteiger partial charge in [-0.15, -0.1) is 0 Å². The van der Waals surface area contributed by atoms with Crippen molar-refractivity contribution >= 4 is 5.91 Å². The molecule has 0 saturated carbocycles. The van der Waals surface area contributed by atoms with E-state index in [9.17, 15) is 4.79 Å². The lowest BCUT2D eigenvalue weighted by molar-refractivity contribution is 0.0424. The van der Waals surface area contributed by atoms with Gasteiger partial charge in [-0.25, -0.2) is 5.84 Å². The van der Waals surface area contributed by atoms with Crippen molar-refractivity contribution in [3.8, 4) is 5.75 Å². The highest BCUT2D eigenvalue weighted by molar-refractivity contribution is 5.96. The number of rotatable bonds is 7. The van der Waals surface area contributed by atoms with E-state index in [0.29, 0.717) is 24.5 Å². The van der Waals surface area contributed by atoms with Gasteiger partial charge in [0.15, 0.2) is 0 Å².